The van der Waals surface area contributed by atoms with Crippen LogP contribution in [0.4, 0.5) is 0 Å². The molecule has 2 aromatic heterocycles. The number of nitrogens with zero attached hydrogens (tertiary/aromatic N) is 3. The monoisotopic (exact) mass is 250 g/mol. The van der Waals surface area contributed by atoms with E-state index in [0.717, 1.165) is 41.5 Å². The van der Waals surface area contributed by atoms with E-state index in [1.807, 2.05) is 24.9 Å². The molecule has 0 amide bonds. The predicted molar refractivity (Wildman–Crippen MR) is 71.1 cm³/mol. The molecule has 0 saturated heterocycles. The molecule has 0 fully saturated rings. The second-order valence-electron chi connectivity index (χ2n) is 4.11. The Bertz CT molecular complexity index is 486. The van der Waals surface area contributed by atoms with E-state index in [0.29, 0.717) is 0 Å². The van der Waals surface area contributed by atoms with Crippen LogP contribution >= 0.6 is 11.3 Å². The van der Waals surface area contributed by atoms with Gasteiger partial charge in [-0.3, -0.25) is 4.68 Å². The zero-order valence-electron chi connectivity index (χ0n) is 10.5. The zero-order chi connectivity index (χ0) is 12.3. The molecule has 0 aliphatic heterocycles. The highest BCUT2D eigenvalue weighted by Crippen LogP contribution is 2.24. The Morgan fingerprint density at radius 1 is 1.47 bits per heavy atom. The number of nitrogens with one attached hydrogen (secondary N) is 1. The van der Waals surface area contributed by atoms with Gasteiger partial charge in [-0.25, -0.2) is 4.98 Å². The van der Waals surface area contributed by atoms with Crippen LogP contribution in [0.2, 0.25) is 0 Å². The van der Waals surface area contributed by atoms with Crippen molar-refractivity contribution < 1.29 is 0 Å². The van der Waals surface area contributed by atoms with Crippen molar-refractivity contribution in [1.82, 2.24) is 20.1 Å². The van der Waals surface area contributed by atoms with E-state index in [1.54, 1.807) is 11.3 Å². The molecule has 0 spiro atoms. The van der Waals surface area contributed by atoms with Gasteiger partial charge in [0.25, 0.3) is 0 Å². The summed E-state index contributed by atoms with van der Waals surface area (Å²) in [6, 6.07) is 0. The Morgan fingerprint density at radius 3 is 2.94 bits per heavy atom. The number of aromatic nitrogens is 3. The fraction of sp³-hybridized carbons (Fsp3) is 0.500. The first-order chi connectivity index (χ1) is 8.20. The molecule has 17 heavy (non-hydrogen) atoms. The van der Waals surface area contributed by atoms with Gasteiger partial charge in [0.15, 0.2) is 0 Å². The molecule has 0 bridgehead atoms. The third-order valence-electron chi connectivity index (χ3n) is 2.54. The van der Waals surface area contributed by atoms with E-state index < -0.39 is 0 Å². The molecule has 0 saturated carbocycles. The Balaban J connectivity index is 2.10. The maximum atomic E-state index is 4.63. The minimum absolute atomic E-state index is 0.859. The van der Waals surface area contributed by atoms with Crippen molar-refractivity contribution in [3.8, 4) is 11.3 Å². The summed E-state index contributed by atoms with van der Waals surface area (Å²) in [4.78, 5) is 4.63. The van der Waals surface area contributed by atoms with E-state index in [-0.39, 0.29) is 0 Å². The number of hydrogen-bond donors (Lipinski definition) is 1. The highest BCUT2D eigenvalue weighted by Gasteiger charge is 2.09. The largest absolute Gasteiger partial charge is 0.310 e. The first-order valence-electron chi connectivity index (χ1n) is 5.86. The predicted octanol–water partition coefficient (Wildman–Crippen LogP) is 2.35. The third kappa shape index (κ3) is 2.92. The molecule has 2 rings (SSSR count). The van der Waals surface area contributed by atoms with Gasteiger partial charge in [0.1, 0.15) is 5.01 Å². The average Bonchev–Trinajstić information content (AvgIpc) is 2.86. The van der Waals surface area contributed by atoms with Gasteiger partial charge in [-0.1, -0.05) is 6.92 Å². The summed E-state index contributed by atoms with van der Waals surface area (Å²) in [6.07, 6.45) is 3.17. The zero-order valence-corrected chi connectivity index (χ0v) is 11.3. The van der Waals surface area contributed by atoms with Crippen molar-refractivity contribution in [2.45, 2.75) is 26.8 Å². The molecule has 0 unspecified atom stereocenters. The number of aryl methyl sites for hydroxylation is 2. The minimum atomic E-state index is 0.859. The van der Waals surface area contributed by atoms with Crippen LogP contribution < -0.4 is 5.32 Å². The summed E-state index contributed by atoms with van der Waals surface area (Å²) >= 11 is 1.70. The van der Waals surface area contributed by atoms with Gasteiger partial charge in [-0.2, -0.15) is 5.10 Å². The van der Waals surface area contributed by atoms with Crippen molar-refractivity contribution in [3.63, 3.8) is 0 Å². The molecule has 92 valence electrons. The highest BCUT2D eigenvalue weighted by atomic mass is 32.1. The summed E-state index contributed by atoms with van der Waals surface area (Å²) in [5.74, 6) is 0. The Labute approximate surface area is 106 Å². The van der Waals surface area contributed by atoms with Crippen LogP contribution in [0.25, 0.3) is 11.3 Å². The van der Waals surface area contributed by atoms with E-state index in [2.05, 4.69) is 27.7 Å². The first-order valence-corrected chi connectivity index (χ1v) is 6.74. The van der Waals surface area contributed by atoms with Gasteiger partial charge >= 0.3 is 0 Å². The molecule has 0 aliphatic carbocycles. The van der Waals surface area contributed by atoms with Crippen molar-refractivity contribution >= 4 is 11.3 Å². The molecule has 2 aromatic rings. The van der Waals surface area contributed by atoms with E-state index in [9.17, 15) is 0 Å². The number of hydrogen-bond acceptors (Lipinski definition) is 4. The maximum Gasteiger partial charge on any atom is 0.107 e. The van der Waals surface area contributed by atoms with Crippen LogP contribution in [-0.2, 0) is 13.6 Å². The van der Waals surface area contributed by atoms with Gasteiger partial charge in [-0.15, -0.1) is 11.3 Å². The minimum Gasteiger partial charge on any atom is -0.310 e. The molecular weight excluding hydrogens is 232 g/mol. The normalized spacial score (nSPS) is 11.0. The smallest absolute Gasteiger partial charge is 0.107 e. The lowest BCUT2D eigenvalue weighted by Gasteiger charge is -1.97. The van der Waals surface area contributed by atoms with Crippen molar-refractivity contribution in [2.24, 2.45) is 7.05 Å². The van der Waals surface area contributed by atoms with Gasteiger partial charge in [-0.05, 0) is 19.9 Å². The lowest BCUT2D eigenvalue weighted by atomic mass is 10.2. The second kappa shape index (κ2) is 5.42. The fourth-order valence-corrected chi connectivity index (χ4v) is 2.50. The van der Waals surface area contributed by atoms with Crippen LogP contribution in [0.3, 0.4) is 0 Å². The second-order valence-corrected chi connectivity index (χ2v) is 5.05. The summed E-state index contributed by atoms with van der Waals surface area (Å²) in [6.45, 7) is 6.08. The first kappa shape index (κ1) is 12.3. The summed E-state index contributed by atoms with van der Waals surface area (Å²) < 4.78 is 1.83. The van der Waals surface area contributed by atoms with Crippen LogP contribution in [0.1, 0.15) is 24.0 Å². The Morgan fingerprint density at radius 2 is 2.29 bits per heavy atom. The van der Waals surface area contributed by atoms with Crippen molar-refractivity contribution in [3.05, 3.63) is 22.3 Å². The molecule has 0 radical (unpaired) electrons. The Kier molecular flexibility index (Phi) is 3.91. The van der Waals surface area contributed by atoms with E-state index in [4.69, 9.17) is 0 Å². The molecule has 4 nitrogen and oxygen atoms in total. The molecule has 5 heteroatoms. The fourth-order valence-electron chi connectivity index (χ4n) is 1.74. The van der Waals surface area contributed by atoms with Gasteiger partial charge in [0.2, 0.25) is 0 Å². The number of thiazole rings is 1. The van der Waals surface area contributed by atoms with Crippen molar-refractivity contribution in [2.75, 3.05) is 6.54 Å². The quantitative estimate of drug-likeness (QED) is 0.828. The molecule has 0 aromatic carbocycles. The lowest BCUT2D eigenvalue weighted by Crippen LogP contribution is -2.13. The van der Waals surface area contributed by atoms with Gasteiger partial charge < -0.3 is 5.32 Å². The Hall–Kier alpha value is -1.20. The topological polar surface area (TPSA) is 42.7 Å². The maximum absolute atomic E-state index is 4.63. The SMILES string of the molecule is CCCNCc1nc(-c2cn(C)nc2C)cs1. The van der Waals surface area contributed by atoms with E-state index in [1.165, 1.54) is 0 Å². The summed E-state index contributed by atoms with van der Waals surface area (Å²) in [7, 11) is 1.94. The molecule has 1 N–H and O–H groups in total. The van der Waals surface area contributed by atoms with Gasteiger partial charge in [0, 0.05) is 30.7 Å². The summed E-state index contributed by atoms with van der Waals surface area (Å²) in [5.41, 5.74) is 3.20. The third-order valence-corrected chi connectivity index (χ3v) is 3.39. The average molecular weight is 250 g/mol. The lowest BCUT2D eigenvalue weighted by molar-refractivity contribution is 0.673. The molecule has 2 heterocycles. The van der Waals surface area contributed by atoms with Crippen LogP contribution in [0, 0.1) is 6.92 Å². The van der Waals surface area contributed by atoms with Crippen LogP contribution in [-0.4, -0.2) is 21.3 Å². The van der Waals surface area contributed by atoms with E-state index >= 15 is 0 Å². The van der Waals surface area contributed by atoms with Crippen molar-refractivity contribution in [1.29, 1.82) is 0 Å². The standard InChI is InChI=1S/C12H18N4S/c1-4-5-13-6-12-14-11(8-17-12)10-7-16(3)15-9(10)2/h7-8,13H,4-6H2,1-3H3. The van der Waals surface area contributed by atoms with Gasteiger partial charge in [0.05, 0.1) is 11.4 Å². The van der Waals surface area contributed by atoms with Crippen LogP contribution in [0.15, 0.2) is 11.6 Å². The summed E-state index contributed by atoms with van der Waals surface area (Å²) in [5, 5.41) is 10.9. The number of rotatable bonds is 5. The molecule has 0 aliphatic rings. The van der Waals surface area contributed by atoms with Crippen LogP contribution in [0.5, 0.6) is 0 Å². The molecule has 0 atom stereocenters. The molecular formula is C12H18N4S. The highest BCUT2D eigenvalue weighted by molar-refractivity contribution is 7.09.